The summed E-state index contributed by atoms with van der Waals surface area (Å²) < 4.78 is 0. The molecule has 1 fully saturated rings. The van der Waals surface area contributed by atoms with Crippen LogP contribution in [0.4, 0.5) is 11.8 Å². The van der Waals surface area contributed by atoms with Crippen LogP contribution in [0.1, 0.15) is 26.2 Å². The van der Waals surface area contributed by atoms with Gasteiger partial charge in [0.2, 0.25) is 5.95 Å². The van der Waals surface area contributed by atoms with E-state index in [4.69, 9.17) is 5.84 Å². The summed E-state index contributed by atoms with van der Waals surface area (Å²) in [7, 11) is 0. The zero-order valence-corrected chi connectivity index (χ0v) is 11.1. The maximum atomic E-state index is 5.48. The third-order valence-electron chi connectivity index (χ3n) is 3.79. The Morgan fingerprint density at radius 1 is 1.26 bits per heavy atom. The number of hydrazine groups is 1. The van der Waals surface area contributed by atoms with Crippen LogP contribution in [-0.2, 0) is 0 Å². The Balaban J connectivity index is 2.14. The second-order valence-corrected chi connectivity index (χ2v) is 5.07. The highest BCUT2D eigenvalue weighted by molar-refractivity contribution is 5.90. The van der Waals surface area contributed by atoms with Crippen molar-refractivity contribution in [3.63, 3.8) is 0 Å². The summed E-state index contributed by atoms with van der Waals surface area (Å²) in [5.41, 5.74) is 3.49. The van der Waals surface area contributed by atoms with Crippen LogP contribution in [0.5, 0.6) is 0 Å². The summed E-state index contributed by atoms with van der Waals surface area (Å²) in [4.78, 5) is 11.3. The van der Waals surface area contributed by atoms with Gasteiger partial charge in [-0.05, 0) is 38.3 Å². The maximum absolute atomic E-state index is 5.48. The van der Waals surface area contributed by atoms with Crippen molar-refractivity contribution in [2.45, 2.75) is 32.2 Å². The molecule has 1 saturated heterocycles. The van der Waals surface area contributed by atoms with E-state index in [1.165, 1.54) is 19.3 Å². The third kappa shape index (κ3) is 2.21. The molecule has 5 heteroatoms. The van der Waals surface area contributed by atoms with E-state index in [1.807, 2.05) is 18.2 Å². The van der Waals surface area contributed by atoms with Crippen molar-refractivity contribution >= 4 is 22.7 Å². The van der Waals surface area contributed by atoms with Crippen LogP contribution in [0.15, 0.2) is 24.3 Å². The smallest absolute Gasteiger partial charge is 0.239 e. The number of nitrogens with zero attached hydrogens (tertiary/aromatic N) is 3. The first-order valence-corrected chi connectivity index (χ1v) is 6.79. The minimum absolute atomic E-state index is 0.478. The first kappa shape index (κ1) is 12.2. The summed E-state index contributed by atoms with van der Waals surface area (Å²) in [6, 6.07) is 8.60. The molecule has 0 radical (unpaired) electrons. The van der Waals surface area contributed by atoms with Gasteiger partial charge in [0.15, 0.2) is 0 Å². The molecule has 1 unspecified atom stereocenters. The van der Waals surface area contributed by atoms with Crippen molar-refractivity contribution in [1.29, 1.82) is 0 Å². The Bertz CT molecular complexity index is 583. The second-order valence-electron chi connectivity index (χ2n) is 5.07. The number of benzene rings is 1. The summed E-state index contributed by atoms with van der Waals surface area (Å²) in [5.74, 6) is 6.95. The molecule has 1 atom stereocenters. The van der Waals surface area contributed by atoms with Crippen molar-refractivity contribution in [3.8, 4) is 0 Å². The van der Waals surface area contributed by atoms with Gasteiger partial charge in [0.05, 0.1) is 5.52 Å². The van der Waals surface area contributed by atoms with E-state index in [0.717, 1.165) is 23.3 Å². The topological polar surface area (TPSA) is 67.1 Å². The molecule has 2 heterocycles. The van der Waals surface area contributed by atoms with E-state index in [1.54, 1.807) is 0 Å². The van der Waals surface area contributed by atoms with Crippen LogP contribution >= 0.6 is 0 Å². The molecule has 0 bridgehead atoms. The number of aromatic nitrogens is 2. The average molecular weight is 257 g/mol. The average Bonchev–Trinajstić information content (AvgIpc) is 2.46. The van der Waals surface area contributed by atoms with Crippen LogP contribution < -0.4 is 16.2 Å². The fourth-order valence-electron chi connectivity index (χ4n) is 2.76. The lowest BCUT2D eigenvalue weighted by atomic mass is 10.0. The minimum Gasteiger partial charge on any atom is -0.353 e. The Morgan fingerprint density at radius 3 is 2.89 bits per heavy atom. The van der Waals surface area contributed by atoms with E-state index in [9.17, 15) is 0 Å². The highest BCUT2D eigenvalue weighted by atomic mass is 15.3. The first-order valence-electron chi connectivity index (χ1n) is 6.79. The summed E-state index contributed by atoms with van der Waals surface area (Å²) in [5, 5.41) is 1.09. The van der Waals surface area contributed by atoms with Gasteiger partial charge in [-0.1, -0.05) is 12.1 Å². The second kappa shape index (κ2) is 5.01. The molecule has 100 valence electrons. The summed E-state index contributed by atoms with van der Waals surface area (Å²) in [6.45, 7) is 3.30. The fourth-order valence-corrected chi connectivity index (χ4v) is 2.76. The molecular formula is C14H19N5. The molecule has 3 rings (SSSR count). The zero-order chi connectivity index (χ0) is 13.2. The molecule has 1 aromatic heterocycles. The molecule has 0 aliphatic carbocycles. The van der Waals surface area contributed by atoms with Gasteiger partial charge in [-0.25, -0.2) is 10.8 Å². The Morgan fingerprint density at radius 2 is 2.11 bits per heavy atom. The summed E-state index contributed by atoms with van der Waals surface area (Å²) in [6.07, 6.45) is 3.72. The molecule has 1 aliphatic rings. The van der Waals surface area contributed by atoms with Gasteiger partial charge >= 0.3 is 0 Å². The zero-order valence-electron chi connectivity index (χ0n) is 11.1. The molecule has 0 saturated carbocycles. The summed E-state index contributed by atoms with van der Waals surface area (Å²) >= 11 is 0. The molecule has 1 aliphatic heterocycles. The van der Waals surface area contributed by atoms with E-state index in [-0.39, 0.29) is 0 Å². The SMILES string of the molecule is CC1CCCCN1c1nc(NN)nc2ccccc12. The number of nitrogen functional groups attached to an aromatic ring is 1. The van der Waals surface area contributed by atoms with Gasteiger partial charge in [0, 0.05) is 18.0 Å². The van der Waals surface area contributed by atoms with E-state index < -0.39 is 0 Å². The van der Waals surface area contributed by atoms with Gasteiger partial charge in [0.25, 0.3) is 0 Å². The van der Waals surface area contributed by atoms with E-state index in [2.05, 4.69) is 33.3 Å². The van der Waals surface area contributed by atoms with Gasteiger partial charge in [-0.3, -0.25) is 5.43 Å². The van der Waals surface area contributed by atoms with Gasteiger partial charge < -0.3 is 4.90 Å². The third-order valence-corrected chi connectivity index (χ3v) is 3.79. The number of piperidine rings is 1. The monoisotopic (exact) mass is 257 g/mol. The quantitative estimate of drug-likeness (QED) is 0.638. The van der Waals surface area contributed by atoms with Gasteiger partial charge in [-0.2, -0.15) is 4.98 Å². The van der Waals surface area contributed by atoms with Crippen molar-refractivity contribution in [1.82, 2.24) is 9.97 Å². The highest BCUT2D eigenvalue weighted by Gasteiger charge is 2.22. The molecule has 3 N–H and O–H groups in total. The fraction of sp³-hybridized carbons (Fsp3) is 0.429. The van der Waals surface area contributed by atoms with Crippen LogP contribution in [0.2, 0.25) is 0 Å². The normalized spacial score (nSPS) is 19.7. The molecule has 1 aromatic carbocycles. The number of hydrogen-bond acceptors (Lipinski definition) is 5. The number of nitrogens with one attached hydrogen (secondary N) is 1. The van der Waals surface area contributed by atoms with Crippen LogP contribution in [0.25, 0.3) is 10.9 Å². The van der Waals surface area contributed by atoms with Crippen molar-refractivity contribution in [2.75, 3.05) is 16.9 Å². The van der Waals surface area contributed by atoms with Crippen LogP contribution in [-0.4, -0.2) is 22.6 Å². The van der Waals surface area contributed by atoms with Crippen molar-refractivity contribution in [2.24, 2.45) is 5.84 Å². The number of fused-ring (bicyclic) bond motifs is 1. The Hall–Kier alpha value is -1.88. The number of nitrogens with two attached hydrogens (primary N) is 1. The Labute approximate surface area is 112 Å². The standard InChI is InChI=1S/C14H19N5/c1-10-6-4-5-9-19(10)13-11-7-2-3-8-12(11)16-14(17-13)18-15/h2-3,7-8,10H,4-6,9,15H2,1H3,(H,16,17,18). The van der Waals surface area contributed by atoms with Gasteiger partial charge in [-0.15, -0.1) is 0 Å². The van der Waals surface area contributed by atoms with Crippen LogP contribution in [0, 0.1) is 0 Å². The highest BCUT2D eigenvalue weighted by Crippen LogP contribution is 2.29. The van der Waals surface area contributed by atoms with Crippen LogP contribution in [0.3, 0.4) is 0 Å². The number of para-hydroxylation sites is 1. The van der Waals surface area contributed by atoms with Crippen molar-refractivity contribution < 1.29 is 0 Å². The lowest BCUT2D eigenvalue weighted by Crippen LogP contribution is -2.38. The molecule has 0 amide bonds. The lowest BCUT2D eigenvalue weighted by Gasteiger charge is -2.35. The molecule has 5 nitrogen and oxygen atoms in total. The number of anilines is 2. The number of rotatable bonds is 2. The molecular weight excluding hydrogens is 238 g/mol. The van der Waals surface area contributed by atoms with Crippen molar-refractivity contribution in [3.05, 3.63) is 24.3 Å². The number of hydrogen-bond donors (Lipinski definition) is 2. The first-order chi connectivity index (χ1) is 9.29. The maximum Gasteiger partial charge on any atom is 0.239 e. The van der Waals surface area contributed by atoms with E-state index >= 15 is 0 Å². The molecule has 0 spiro atoms. The predicted octanol–water partition coefficient (Wildman–Crippen LogP) is 2.29. The largest absolute Gasteiger partial charge is 0.353 e. The van der Waals surface area contributed by atoms with E-state index in [0.29, 0.717) is 12.0 Å². The molecule has 2 aromatic rings. The lowest BCUT2D eigenvalue weighted by molar-refractivity contribution is 0.482. The minimum atomic E-state index is 0.478. The predicted molar refractivity (Wildman–Crippen MR) is 78.0 cm³/mol. The Kier molecular flexibility index (Phi) is 3.21. The van der Waals surface area contributed by atoms with Gasteiger partial charge in [0.1, 0.15) is 5.82 Å². The molecule has 19 heavy (non-hydrogen) atoms.